The Balaban J connectivity index is 2.13. The van der Waals surface area contributed by atoms with Gasteiger partial charge in [-0.25, -0.2) is 9.37 Å². The van der Waals surface area contributed by atoms with Crippen molar-refractivity contribution in [2.75, 3.05) is 0 Å². The molecule has 1 aliphatic rings. The van der Waals surface area contributed by atoms with Gasteiger partial charge in [0.25, 0.3) is 0 Å². The highest BCUT2D eigenvalue weighted by Crippen LogP contribution is 2.45. The number of alkyl halides is 3. The van der Waals surface area contributed by atoms with Gasteiger partial charge in [-0.15, -0.1) is 11.3 Å². The smallest absolute Gasteiger partial charge is 0.326 e. The Kier molecular flexibility index (Phi) is 3.49. The molecule has 0 spiro atoms. The number of rotatable bonds is 3. The van der Waals surface area contributed by atoms with Gasteiger partial charge in [-0.05, 0) is 31.0 Å². The van der Waals surface area contributed by atoms with Crippen LogP contribution in [-0.2, 0) is 12.7 Å². The summed E-state index contributed by atoms with van der Waals surface area (Å²) in [5.41, 5.74) is 5.32. The van der Waals surface area contributed by atoms with Crippen molar-refractivity contribution in [3.63, 3.8) is 0 Å². The summed E-state index contributed by atoms with van der Waals surface area (Å²) in [7, 11) is 0. The van der Waals surface area contributed by atoms with Gasteiger partial charge in [0.05, 0.1) is 11.3 Å². The highest BCUT2D eigenvalue weighted by atomic mass is 32.1. The van der Waals surface area contributed by atoms with Gasteiger partial charge in [0.2, 0.25) is 0 Å². The van der Waals surface area contributed by atoms with E-state index in [9.17, 15) is 17.6 Å². The number of hydrogen-bond acceptors (Lipinski definition) is 3. The third kappa shape index (κ3) is 2.80. The first-order chi connectivity index (χ1) is 9.90. The maximum absolute atomic E-state index is 13.4. The van der Waals surface area contributed by atoms with E-state index in [4.69, 9.17) is 5.73 Å². The summed E-state index contributed by atoms with van der Waals surface area (Å²) < 4.78 is 52.5. The number of nitrogens with zero attached hydrogens (tertiary/aromatic N) is 1. The predicted octanol–water partition coefficient (Wildman–Crippen LogP) is 4.30. The van der Waals surface area contributed by atoms with Crippen molar-refractivity contribution < 1.29 is 17.6 Å². The number of thiazole rings is 1. The Bertz CT molecular complexity index is 674. The van der Waals surface area contributed by atoms with Crippen LogP contribution in [0.2, 0.25) is 0 Å². The van der Waals surface area contributed by atoms with Crippen LogP contribution in [0.25, 0.3) is 10.6 Å². The molecule has 0 radical (unpaired) electrons. The number of hydrogen-bond donors (Lipinski definition) is 1. The molecule has 0 amide bonds. The lowest BCUT2D eigenvalue weighted by atomic mass is 10.1. The van der Waals surface area contributed by atoms with Gasteiger partial charge in [0, 0.05) is 22.9 Å². The highest BCUT2D eigenvalue weighted by Gasteiger charge is 2.36. The Labute approximate surface area is 122 Å². The van der Waals surface area contributed by atoms with Crippen molar-refractivity contribution in [3.05, 3.63) is 40.2 Å². The molecule has 0 atom stereocenters. The number of benzene rings is 1. The normalized spacial score (nSPS) is 15.5. The predicted molar refractivity (Wildman–Crippen MR) is 72.4 cm³/mol. The van der Waals surface area contributed by atoms with E-state index in [0.29, 0.717) is 0 Å². The summed E-state index contributed by atoms with van der Waals surface area (Å²) in [4.78, 5) is 5.08. The van der Waals surface area contributed by atoms with Crippen LogP contribution in [0, 0.1) is 5.82 Å². The molecule has 1 heterocycles. The van der Waals surface area contributed by atoms with Crippen molar-refractivity contribution in [3.8, 4) is 10.6 Å². The molecule has 2 N–H and O–H groups in total. The van der Waals surface area contributed by atoms with Crippen molar-refractivity contribution in [1.29, 1.82) is 0 Å². The molecular weight excluding hydrogens is 304 g/mol. The van der Waals surface area contributed by atoms with Gasteiger partial charge in [-0.2, -0.15) is 13.2 Å². The summed E-state index contributed by atoms with van der Waals surface area (Å²) in [6.45, 7) is 0.236. The number of nitrogens with two attached hydrogens (primary N) is 1. The number of halogens is 4. The summed E-state index contributed by atoms with van der Waals surface area (Å²) in [6, 6.07) is 2.45. The molecule has 0 bridgehead atoms. The van der Waals surface area contributed by atoms with Gasteiger partial charge in [-0.3, -0.25) is 0 Å². The average Bonchev–Trinajstić information content (AvgIpc) is 3.16. The first-order valence-electron chi connectivity index (χ1n) is 6.47. The van der Waals surface area contributed by atoms with Gasteiger partial charge >= 0.3 is 6.18 Å². The topological polar surface area (TPSA) is 38.9 Å². The van der Waals surface area contributed by atoms with Crippen LogP contribution in [0.3, 0.4) is 0 Å². The lowest BCUT2D eigenvalue weighted by molar-refractivity contribution is -0.137. The first kappa shape index (κ1) is 14.5. The fraction of sp³-hybridized carbons (Fsp3) is 0.357. The van der Waals surface area contributed by atoms with Crippen LogP contribution in [-0.4, -0.2) is 4.98 Å². The monoisotopic (exact) mass is 316 g/mol. The first-order valence-corrected chi connectivity index (χ1v) is 7.28. The second-order valence-electron chi connectivity index (χ2n) is 4.99. The van der Waals surface area contributed by atoms with Crippen molar-refractivity contribution in [1.82, 2.24) is 4.98 Å². The molecule has 2 nitrogen and oxygen atoms in total. The van der Waals surface area contributed by atoms with E-state index in [0.717, 1.165) is 52.9 Å². The van der Waals surface area contributed by atoms with Crippen LogP contribution in [0.5, 0.6) is 0 Å². The molecule has 0 aliphatic heterocycles. The Morgan fingerprint density at radius 3 is 2.57 bits per heavy atom. The zero-order valence-electron chi connectivity index (χ0n) is 10.9. The zero-order chi connectivity index (χ0) is 15.2. The van der Waals surface area contributed by atoms with E-state index in [2.05, 4.69) is 4.98 Å². The minimum Gasteiger partial charge on any atom is -0.326 e. The largest absolute Gasteiger partial charge is 0.417 e. The van der Waals surface area contributed by atoms with Crippen molar-refractivity contribution in [2.24, 2.45) is 5.73 Å². The SMILES string of the molecule is NCc1sc(-c2cc(F)ccc2C(F)(F)F)nc1C1CC1. The fourth-order valence-corrected chi connectivity index (χ4v) is 3.30. The minimum atomic E-state index is -4.54. The molecule has 1 aromatic heterocycles. The molecule has 2 aromatic rings. The van der Waals surface area contributed by atoms with E-state index in [-0.39, 0.29) is 23.0 Å². The molecule has 1 saturated carbocycles. The second kappa shape index (κ2) is 5.06. The Morgan fingerprint density at radius 1 is 1.29 bits per heavy atom. The van der Waals surface area contributed by atoms with Crippen LogP contribution in [0.1, 0.15) is 34.9 Å². The lowest BCUT2D eigenvalue weighted by Crippen LogP contribution is -2.07. The summed E-state index contributed by atoms with van der Waals surface area (Å²) in [5, 5.41) is 0.184. The summed E-state index contributed by atoms with van der Waals surface area (Å²) >= 11 is 1.12. The van der Waals surface area contributed by atoms with Crippen LogP contribution >= 0.6 is 11.3 Å². The molecule has 3 rings (SSSR count). The van der Waals surface area contributed by atoms with Gasteiger partial charge in [-0.1, -0.05) is 0 Å². The Morgan fingerprint density at radius 2 is 2.00 bits per heavy atom. The van der Waals surface area contributed by atoms with Crippen molar-refractivity contribution >= 4 is 11.3 Å². The summed E-state index contributed by atoms with van der Waals surface area (Å²) in [5.74, 6) is -0.424. The van der Waals surface area contributed by atoms with E-state index in [1.165, 1.54) is 0 Å². The van der Waals surface area contributed by atoms with Gasteiger partial charge in [0.1, 0.15) is 10.8 Å². The van der Waals surface area contributed by atoms with Gasteiger partial charge in [0.15, 0.2) is 0 Å². The standard InChI is InChI=1S/C14H12F4N2S/c15-8-3-4-10(14(16,17)18)9(5-8)13-20-12(7-1-2-7)11(6-19)21-13/h3-5,7H,1-2,6,19H2. The third-order valence-electron chi connectivity index (χ3n) is 3.39. The van der Waals surface area contributed by atoms with Gasteiger partial charge < -0.3 is 5.73 Å². The molecule has 1 aliphatic carbocycles. The van der Waals surface area contributed by atoms with E-state index >= 15 is 0 Å². The average molecular weight is 316 g/mol. The number of aromatic nitrogens is 1. The minimum absolute atomic E-state index is 0.184. The van der Waals surface area contributed by atoms with Crippen molar-refractivity contribution in [2.45, 2.75) is 31.5 Å². The molecule has 21 heavy (non-hydrogen) atoms. The summed E-state index contributed by atoms with van der Waals surface area (Å²) in [6.07, 6.45) is -2.59. The zero-order valence-corrected chi connectivity index (χ0v) is 11.7. The molecule has 7 heteroatoms. The van der Waals surface area contributed by atoms with Crippen LogP contribution in [0.4, 0.5) is 17.6 Å². The lowest BCUT2D eigenvalue weighted by Gasteiger charge is -2.10. The molecule has 0 unspecified atom stereocenters. The van der Waals surface area contributed by atoms with Crippen LogP contribution < -0.4 is 5.73 Å². The van der Waals surface area contributed by atoms with E-state index in [1.807, 2.05) is 0 Å². The highest BCUT2D eigenvalue weighted by molar-refractivity contribution is 7.15. The molecule has 1 fully saturated rings. The molecule has 1 aromatic carbocycles. The van der Waals surface area contributed by atoms with E-state index < -0.39 is 17.6 Å². The second-order valence-corrected chi connectivity index (χ2v) is 6.08. The Hall–Kier alpha value is -1.47. The third-order valence-corrected chi connectivity index (χ3v) is 4.52. The molecule has 0 saturated heterocycles. The maximum atomic E-state index is 13.4. The fourth-order valence-electron chi connectivity index (χ4n) is 2.24. The quantitative estimate of drug-likeness (QED) is 0.857. The molecule has 112 valence electrons. The maximum Gasteiger partial charge on any atom is 0.417 e. The van der Waals surface area contributed by atoms with Crippen LogP contribution in [0.15, 0.2) is 18.2 Å². The molecular formula is C14H12F4N2S. The van der Waals surface area contributed by atoms with E-state index in [1.54, 1.807) is 0 Å².